The van der Waals surface area contributed by atoms with Gasteiger partial charge in [-0.25, -0.2) is 9.40 Å². The van der Waals surface area contributed by atoms with Crippen molar-refractivity contribution in [1.29, 1.82) is 0 Å². The number of rotatable bonds is 3. The summed E-state index contributed by atoms with van der Waals surface area (Å²) in [6, 6.07) is 3.26. The number of nitro groups is 1. The van der Waals surface area contributed by atoms with E-state index in [2.05, 4.69) is 5.43 Å². The van der Waals surface area contributed by atoms with Gasteiger partial charge in [-0.15, -0.1) is 0 Å². The summed E-state index contributed by atoms with van der Waals surface area (Å²) in [6.07, 6.45) is 0. The van der Waals surface area contributed by atoms with Crippen LogP contribution in [0.4, 0.5) is 15.8 Å². The third-order valence-corrected chi connectivity index (χ3v) is 1.50. The number of halogens is 1. The van der Waals surface area contributed by atoms with Gasteiger partial charge in [0.2, 0.25) is 0 Å². The third-order valence-electron chi connectivity index (χ3n) is 1.50. The van der Waals surface area contributed by atoms with E-state index in [9.17, 15) is 14.5 Å². The molecule has 0 spiro atoms. The van der Waals surface area contributed by atoms with Gasteiger partial charge in [0.05, 0.1) is 4.92 Å². The minimum absolute atomic E-state index is 0.139. The number of hydrogen-bond donors (Lipinski definition) is 1. The summed E-state index contributed by atoms with van der Waals surface area (Å²) in [7, 11) is 3.32. The normalized spacial score (nSPS) is 10.3. The molecular weight excluding hydrogens is 189 g/mol. The smallest absolute Gasteiger partial charge is 0.293 e. The number of nitrogens with zero attached hydrogens (tertiary/aromatic N) is 2. The molecule has 1 rings (SSSR count). The average Bonchev–Trinajstić information content (AvgIpc) is 2.01. The molecule has 0 atom stereocenters. The highest BCUT2D eigenvalue weighted by Crippen LogP contribution is 2.24. The number of anilines is 1. The second kappa shape index (κ2) is 4.01. The summed E-state index contributed by atoms with van der Waals surface area (Å²) in [6.45, 7) is 0. The number of hydrogen-bond acceptors (Lipinski definition) is 4. The lowest BCUT2D eigenvalue weighted by atomic mass is 10.2. The van der Waals surface area contributed by atoms with Crippen molar-refractivity contribution in [2.45, 2.75) is 0 Å². The molecule has 0 bridgehead atoms. The van der Waals surface area contributed by atoms with Crippen LogP contribution in [-0.4, -0.2) is 24.0 Å². The van der Waals surface area contributed by atoms with E-state index in [1.54, 1.807) is 14.1 Å². The first-order chi connectivity index (χ1) is 6.50. The van der Waals surface area contributed by atoms with E-state index in [4.69, 9.17) is 0 Å². The van der Waals surface area contributed by atoms with Crippen molar-refractivity contribution >= 4 is 11.4 Å². The van der Waals surface area contributed by atoms with Gasteiger partial charge in [0.15, 0.2) is 0 Å². The van der Waals surface area contributed by atoms with E-state index in [-0.39, 0.29) is 11.4 Å². The maximum absolute atomic E-state index is 12.8. The highest BCUT2D eigenvalue weighted by molar-refractivity contribution is 5.60. The minimum Gasteiger partial charge on any atom is -0.313 e. The molecule has 76 valence electrons. The maximum atomic E-state index is 12.8. The van der Waals surface area contributed by atoms with Gasteiger partial charge in [-0.3, -0.25) is 10.1 Å². The Balaban J connectivity index is 3.09. The largest absolute Gasteiger partial charge is 0.313 e. The number of nitro benzene ring substituents is 1. The van der Waals surface area contributed by atoms with Gasteiger partial charge in [0, 0.05) is 26.2 Å². The topological polar surface area (TPSA) is 58.4 Å². The van der Waals surface area contributed by atoms with E-state index < -0.39 is 10.7 Å². The number of benzene rings is 1. The highest BCUT2D eigenvalue weighted by atomic mass is 19.1. The summed E-state index contributed by atoms with van der Waals surface area (Å²) in [5.74, 6) is -0.514. The Morgan fingerprint density at radius 3 is 2.64 bits per heavy atom. The zero-order valence-electron chi connectivity index (χ0n) is 7.82. The first-order valence-electron chi connectivity index (χ1n) is 3.88. The molecule has 0 radical (unpaired) electrons. The Kier molecular flexibility index (Phi) is 2.98. The van der Waals surface area contributed by atoms with Crippen molar-refractivity contribution in [3.8, 4) is 0 Å². The molecule has 14 heavy (non-hydrogen) atoms. The van der Waals surface area contributed by atoms with Crippen LogP contribution in [0.3, 0.4) is 0 Å². The molecule has 0 saturated heterocycles. The fourth-order valence-electron chi connectivity index (χ4n) is 0.998. The van der Waals surface area contributed by atoms with Crippen LogP contribution in [0.5, 0.6) is 0 Å². The number of hydrazine groups is 1. The van der Waals surface area contributed by atoms with Crippen LogP contribution in [0.15, 0.2) is 18.2 Å². The Bertz CT molecular complexity index is 354. The quantitative estimate of drug-likeness (QED) is 0.593. The van der Waals surface area contributed by atoms with Crippen LogP contribution in [0, 0.1) is 15.9 Å². The Morgan fingerprint density at radius 2 is 2.14 bits per heavy atom. The monoisotopic (exact) mass is 199 g/mol. The fourth-order valence-corrected chi connectivity index (χ4v) is 0.998. The predicted octanol–water partition coefficient (Wildman–Crippen LogP) is 1.62. The molecule has 0 aliphatic carbocycles. The van der Waals surface area contributed by atoms with Gasteiger partial charge in [0.1, 0.15) is 11.5 Å². The van der Waals surface area contributed by atoms with E-state index >= 15 is 0 Å². The summed E-state index contributed by atoms with van der Waals surface area (Å²) in [5, 5.41) is 12.0. The third kappa shape index (κ3) is 2.40. The molecule has 0 aromatic heterocycles. The second-order valence-corrected chi connectivity index (χ2v) is 2.92. The molecular formula is C8H10FN3O2. The first-order valence-corrected chi connectivity index (χ1v) is 3.88. The van der Waals surface area contributed by atoms with Crippen LogP contribution < -0.4 is 5.43 Å². The first kappa shape index (κ1) is 10.4. The van der Waals surface area contributed by atoms with Crippen molar-refractivity contribution in [3.05, 3.63) is 34.1 Å². The van der Waals surface area contributed by atoms with Crippen molar-refractivity contribution in [2.75, 3.05) is 19.5 Å². The van der Waals surface area contributed by atoms with E-state index in [0.29, 0.717) is 0 Å². The average molecular weight is 199 g/mol. The van der Waals surface area contributed by atoms with E-state index in [0.717, 1.165) is 18.2 Å². The second-order valence-electron chi connectivity index (χ2n) is 2.92. The standard InChI is InChI=1S/C8H10FN3O2/c1-11(2)10-7-5-6(9)3-4-8(7)12(13)14/h3-5,10H,1-2H3. The molecule has 0 heterocycles. The van der Waals surface area contributed by atoms with E-state index in [1.165, 1.54) is 5.01 Å². The predicted molar refractivity (Wildman–Crippen MR) is 50.4 cm³/mol. The summed E-state index contributed by atoms with van der Waals surface area (Å²) >= 11 is 0. The lowest BCUT2D eigenvalue weighted by Crippen LogP contribution is -2.20. The summed E-state index contributed by atoms with van der Waals surface area (Å²) < 4.78 is 12.8. The summed E-state index contributed by atoms with van der Waals surface area (Å²) in [4.78, 5) is 9.97. The van der Waals surface area contributed by atoms with Crippen LogP contribution in [-0.2, 0) is 0 Å². The summed E-state index contributed by atoms with van der Waals surface area (Å²) in [5.41, 5.74) is 2.63. The Hall–Kier alpha value is -1.69. The number of nitrogens with one attached hydrogen (secondary N) is 1. The zero-order valence-corrected chi connectivity index (χ0v) is 7.82. The zero-order chi connectivity index (χ0) is 10.7. The van der Waals surface area contributed by atoms with Crippen LogP contribution in [0.1, 0.15) is 0 Å². The van der Waals surface area contributed by atoms with Crippen LogP contribution in [0.25, 0.3) is 0 Å². The van der Waals surface area contributed by atoms with Crippen molar-refractivity contribution < 1.29 is 9.31 Å². The molecule has 0 saturated carbocycles. The van der Waals surface area contributed by atoms with Gasteiger partial charge < -0.3 is 5.43 Å². The van der Waals surface area contributed by atoms with Gasteiger partial charge in [-0.05, 0) is 6.07 Å². The minimum atomic E-state index is -0.564. The van der Waals surface area contributed by atoms with Crippen molar-refractivity contribution in [2.24, 2.45) is 0 Å². The van der Waals surface area contributed by atoms with Gasteiger partial charge in [0.25, 0.3) is 5.69 Å². The molecule has 0 amide bonds. The molecule has 0 fully saturated rings. The van der Waals surface area contributed by atoms with Crippen molar-refractivity contribution in [1.82, 2.24) is 5.01 Å². The van der Waals surface area contributed by atoms with Gasteiger partial charge >= 0.3 is 0 Å². The Labute approximate surface area is 80.3 Å². The van der Waals surface area contributed by atoms with Gasteiger partial charge in [-0.1, -0.05) is 0 Å². The van der Waals surface area contributed by atoms with Crippen molar-refractivity contribution in [3.63, 3.8) is 0 Å². The van der Waals surface area contributed by atoms with E-state index in [1.807, 2.05) is 0 Å². The highest BCUT2D eigenvalue weighted by Gasteiger charge is 2.14. The molecule has 0 aliphatic rings. The van der Waals surface area contributed by atoms with Crippen LogP contribution >= 0.6 is 0 Å². The molecule has 0 aliphatic heterocycles. The molecule has 1 aromatic rings. The lowest BCUT2D eigenvalue weighted by Gasteiger charge is -2.13. The fraction of sp³-hybridized carbons (Fsp3) is 0.250. The molecule has 5 nitrogen and oxygen atoms in total. The van der Waals surface area contributed by atoms with Crippen LogP contribution in [0.2, 0.25) is 0 Å². The lowest BCUT2D eigenvalue weighted by molar-refractivity contribution is -0.384. The Morgan fingerprint density at radius 1 is 1.50 bits per heavy atom. The molecule has 1 aromatic carbocycles. The molecule has 6 heteroatoms. The SMILES string of the molecule is CN(C)Nc1cc(F)ccc1[N+](=O)[O-]. The molecule has 1 N–H and O–H groups in total. The molecule has 0 unspecified atom stereocenters. The maximum Gasteiger partial charge on any atom is 0.293 e. The van der Waals surface area contributed by atoms with Gasteiger partial charge in [-0.2, -0.15) is 0 Å².